The van der Waals surface area contributed by atoms with Crippen molar-refractivity contribution in [2.75, 3.05) is 20.6 Å². The Labute approximate surface area is 136 Å². The summed E-state index contributed by atoms with van der Waals surface area (Å²) in [5, 5.41) is 1.06. The van der Waals surface area contributed by atoms with Gasteiger partial charge in [0.25, 0.3) is 0 Å². The second-order valence-corrected chi connectivity index (χ2v) is 6.73. The largest absolute Gasteiger partial charge is 0.309 e. The lowest BCUT2D eigenvalue weighted by Gasteiger charge is -2.18. The van der Waals surface area contributed by atoms with Crippen LogP contribution in [0.15, 0.2) is 23.8 Å². The number of carbonyl (C=O) groups is 1. The molecule has 21 heavy (non-hydrogen) atoms. The van der Waals surface area contributed by atoms with Gasteiger partial charge in [-0.05, 0) is 62.7 Å². The summed E-state index contributed by atoms with van der Waals surface area (Å²) < 4.78 is 0. The third-order valence-corrected chi connectivity index (χ3v) is 4.55. The molecule has 1 fully saturated rings. The number of benzene rings is 1. The lowest BCUT2D eigenvalue weighted by molar-refractivity contribution is -0.119. The average molecular weight is 326 g/mol. The number of Topliss-reactive ketones (excluding diaryl/α,β-unsaturated/α-hetero) is 1. The van der Waals surface area contributed by atoms with E-state index in [2.05, 4.69) is 4.90 Å². The highest BCUT2D eigenvalue weighted by Crippen LogP contribution is 2.28. The summed E-state index contributed by atoms with van der Waals surface area (Å²) in [6, 6.07) is 5.49. The summed E-state index contributed by atoms with van der Waals surface area (Å²) in [6.45, 7) is 0.817. The molecule has 0 bridgehead atoms. The Bertz CT molecular complexity index is 552. The van der Waals surface area contributed by atoms with E-state index in [4.69, 9.17) is 23.2 Å². The highest BCUT2D eigenvalue weighted by atomic mass is 35.5. The van der Waals surface area contributed by atoms with Gasteiger partial charge in [0.15, 0.2) is 5.78 Å². The number of allylic oxidation sites excluding steroid dienone is 1. The quantitative estimate of drug-likeness (QED) is 0.593. The number of carbonyl (C=O) groups excluding carboxylic acids is 1. The Morgan fingerprint density at radius 3 is 2.67 bits per heavy atom. The SMILES string of the molecule is CN(C)CC1CCCC/C(=C/c2ccc(Cl)c(Cl)c2)C1=O. The second kappa shape index (κ2) is 7.44. The maximum absolute atomic E-state index is 12.7. The molecule has 114 valence electrons. The van der Waals surface area contributed by atoms with Gasteiger partial charge >= 0.3 is 0 Å². The molecule has 0 aliphatic heterocycles. The smallest absolute Gasteiger partial charge is 0.163 e. The molecule has 1 aromatic rings. The summed E-state index contributed by atoms with van der Waals surface area (Å²) in [5.74, 6) is 0.392. The van der Waals surface area contributed by atoms with E-state index in [9.17, 15) is 4.79 Å². The maximum atomic E-state index is 12.7. The Hall–Kier alpha value is -0.830. The van der Waals surface area contributed by atoms with Gasteiger partial charge in [-0.1, -0.05) is 35.7 Å². The van der Waals surface area contributed by atoms with Gasteiger partial charge in [0.2, 0.25) is 0 Å². The summed E-state index contributed by atoms with van der Waals surface area (Å²) >= 11 is 12.0. The third kappa shape index (κ3) is 4.57. The van der Waals surface area contributed by atoms with Crippen LogP contribution in [0, 0.1) is 5.92 Å². The maximum Gasteiger partial charge on any atom is 0.163 e. The van der Waals surface area contributed by atoms with Crippen molar-refractivity contribution in [1.29, 1.82) is 0 Å². The van der Waals surface area contributed by atoms with Crippen LogP contribution in [0.5, 0.6) is 0 Å². The topological polar surface area (TPSA) is 20.3 Å². The molecule has 2 nitrogen and oxygen atoms in total. The fraction of sp³-hybridized carbons (Fsp3) is 0.471. The predicted molar refractivity (Wildman–Crippen MR) is 90.0 cm³/mol. The highest BCUT2D eigenvalue weighted by molar-refractivity contribution is 6.42. The molecule has 1 aliphatic carbocycles. The van der Waals surface area contributed by atoms with Crippen LogP contribution in [0.4, 0.5) is 0 Å². The Kier molecular flexibility index (Phi) is 5.86. The second-order valence-electron chi connectivity index (χ2n) is 5.91. The molecule has 1 unspecified atom stereocenters. The van der Waals surface area contributed by atoms with Crippen molar-refractivity contribution in [2.45, 2.75) is 25.7 Å². The molecule has 4 heteroatoms. The van der Waals surface area contributed by atoms with Gasteiger partial charge in [-0.3, -0.25) is 4.79 Å². The lowest BCUT2D eigenvalue weighted by Crippen LogP contribution is -2.27. The number of hydrogen-bond acceptors (Lipinski definition) is 2. The van der Waals surface area contributed by atoms with Crippen LogP contribution < -0.4 is 0 Å². The van der Waals surface area contributed by atoms with E-state index in [1.807, 2.05) is 32.3 Å². The molecule has 0 N–H and O–H groups in total. The number of rotatable bonds is 3. The van der Waals surface area contributed by atoms with Gasteiger partial charge in [-0.25, -0.2) is 0 Å². The van der Waals surface area contributed by atoms with Crippen LogP contribution in [-0.4, -0.2) is 31.3 Å². The number of ketones is 1. The van der Waals surface area contributed by atoms with Crippen LogP contribution >= 0.6 is 23.2 Å². The first-order valence-corrected chi connectivity index (χ1v) is 8.07. The van der Waals surface area contributed by atoms with Crippen molar-refractivity contribution in [3.63, 3.8) is 0 Å². The number of hydrogen-bond donors (Lipinski definition) is 0. The predicted octanol–water partition coefficient (Wildman–Crippen LogP) is 4.70. The molecular weight excluding hydrogens is 305 g/mol. The Morgan fingerprint density at radius 2 is 2.00 bits per heavy atom. The van der Waals surface area contributed by atoms with E-state index in [-0.39, 0.29) is 11.7 Å². The third-order valence-electron chi connectivity index (χ3n) is 3.81. The van der Waals surface area contributed by atoms with Crippen molar-refractivity contribution in [2.24, 2.45) is 5.92 Å². The van der Waals surface area contributed by atoms with Crippen LogP contribution in [0.1, 0.15) is 31.2 Å². The Morgan fingerprint density at radius 1 is 1.24 bits per heavy atom. The highest BCUT2D eigenvalue weighted by Gasteiger charge is 2.25. The summed E-state index contributed by atoms with van der Waals surface area (Å²) in [6.07, 6.45) is 5.99. The van der Waals surface area contributed by atoms with E-state index in [1.165, 1.54) is 0 Å². The van der Waals surface area contributed by atoms with Gasteiger partial charge < -0.3 is 4.90 Å². The van der Waals surface area contributed by atoms with Gasteiger partial charge in [-0.2, -0.15) is 0 Å². The zero-order valence-electron chi connectivity index (χ0n) is 12.5. The molecule has 1 atom stereocenters. The van der Waals surface area contributed by atoms with Gasteiger partial charge in [-0.15, -0.1) is 0 Å². The molecular formula is C17H21Cl2NO. The monoisotopic (exact) mass is 325 g/mol. The first kappa shape index (κ1) is 16.5. The standard InChI is InChI=1S/C17H21Cl2NO/c1-20(2)11-14-6-4-3-5-13(17(14)21)9-12-7-8-15(18)16(19)10-12/h7-10,14H,3-6,11H2,1-2H3/b13-9-. The summed E-state index contributed by atoms with van der Waals surface area (Å²) in [5.41, 5.74) is 1.86. The molecule has 2 rings (SSSR count). The van der Waals surface area contributed by atoms with E-state index in [0.717, 1.165) is 43.4 Å². The molecule has 1 saturated carbocycles. The molecule has 0 amide bonds. The van der Waals surface area contributed by atoms with Crippen molar-refractivity contribution in [3.8, 4) is 0 Å². The van der Waals surface area contributed by atoms with Crippen LogP contribution in [0.25, 0.3) is 6.08 Å². The minimum Gasteiger partial charge on any atom is -0.309 e. The summed E-state index contributed by atoms with van der Waals surface area (Å²) in [7, 11) is 4.03. The molecule has 0 saturated heterocycles. The number of nitrogens with zero attached hydrogens (tertiary/aromatic N) is 1. The summed E-state index contributed by atoms with van der Waals surface area (Å²) in [4.78, 5) is 14.8. The number of halogens is 2. The van der Waals surface area contributed by atoms with Crippen molar-refractivity contribution in [3.05, 3.63) is 39.4 Å². The zero-order chi connectivity index (χ0) is 15.4. The van der Waals surface area contributed by atoms with Gasteiger partial charge in [0.05, 0.1) is 10.0 Å². The minimum atomic E-state index is 0.108. The fourth-order valence-corrected chi connectivity index (χ4v) is 3.09. The zero-order valence-corrected chi connectivity index (χ0v) is 14.0. The van der Waals surface area contributed by atoms with E-state index in [1.54, 1.807) is 6.07 Å². The van der Waals surface area contributed by atoms with Crippen molar-refractivity contribution >= 4 is 35.1 Å². The molecule has 0 radical (unpaired) electrons. The molecule has 0 spiro atoms. The molecule has 1 aromatic carbocycles. The average Bonchev–Trinajstić information content (AvgIpc) is 2.58. The fourth-order valence-electron chi connectivity index (χ4n) is 2.78. The Balaban J connectivity index is 2.24. The van der Waals surface area contributed by atoms with E-state index < -0.39 is 0 Å². The first-order chi connectivity index (χ1) is 9.97. The van der Waals surface area contributed by atoms with Gasteiger partial charge in [0, 0.05) is 12.5 Å². The first-order valence-electron chi connectivity index (χ1n) is 7.32. The molecule has 1 aliphatic rings. The van der Waals surface area contributed by atoms with E-state index >= 15 is 0 Å². The van der Waals surface area contributed by atoms with Crippen LogP contribution in [-0.2, 0) is 4.79 Å². The van der Waals surface area contributed by atoms with Crippen molar-refractivity contribution in [1.82, 2.24) is 4.90 Å². The van der Waals surface area contributed by atoms with Gasteiger partial charge in [0.1, 0.15) is 0 Å². The molecule has 0 heterocycles. The van der Waals surface area contributed by atoms with Crippen LogP contribution in [0.2, 0.25) is 10.0 Å². The lowest BCUT2D eigenvalue weighted by atomic mass is 9.94. The van der Waals surface area contributed by atoms with E-state index in [0.29, 0.717) is 10.0 Å². The minimum absolute atomic E-state index is 0.108. The van der Waals surface area contributed by atoms with Crippen LogP contribution in [0.3, 0.4) is 0 Å². The molecule has 0 aromatic heterocycles. The van der Waals surface area contributed by atoms with Crippen molar-refractivity contribution < 1.29 is 4.79 Å². The normalized spacial score (nSPS) is 21.9.